The SMILES string of the molecule is C=Cc1ccc(CCCCCCc2cc(C)ccc2C)cc1. The van der Waals surface area contributed by atoms with Gasteiger partial charge in [0.1, 0.15) is 0 Å². The lowest BCUT2D eigenvalue weighted by atomic mass is 9.99. The van der Waals surface area contributed by atoms with Crippen LogP contribution >= 0.6 is 0 Å². The first-order chi connectivity index (χ1) is 10.7. The maximum Gasteiger partial charge on any atom is -0.0262 e. The zero-order valence-corrected chi connectivity index (χ0v) is 14.1. The van der Waals surface area contributed by atoms with Gasteiger partial charge in [-0.1, -0.05) is 73.5 Å². The molecule has 0 fully saturated rings. The van der Waals surface area contributed by atoms with Crippen LogP contribution in [-0.4, -0.2) is 0 Å². The molecule has 0 aliphatic rings. The predicted molar refractivity (Wildman–Crippen MR) is 98.3 cm³/mol. The third-order valence-electron chi connectivity index (χ3n) is 4.38. The van der Waals surface area contributed by atoms with E-state index in [1.807, 2.05) is 6.08 Å². The van der Waals surface area contributed by atoms with Gasteiger partial charge in [-0.2, -0.15) is 0 Å². The highest BCUT2D eigenvalue weighted by atomic mass is 14.1. The maximum atomic E-state index is 3.79. The molecule has 0 atom stereocenters. The number of benzene rings is 2. The highest BCUT2D eigenvalue weighted by molar-refractivity contribution is 5.47. The molecule has 116 valence electrons. The van der Waals surface area contributed by atoms with Crippen LogP contribution in [0.25, 0.3) is 6.08 Å². The molecule has 0 aliphatic carbocycles. The second-order valence-electron chi connectivity index (χ2n) is 6.29. The average Bonchev–Trinajstić information content (AvgIpc) is 2.54. The van der Waals surface area contributed by atoms with Crippen molar-refractivity contribution >= 4 is 6.08 Å². The standard InChI is InChI=1S/C22H28/c1-4-20-13-15-21(16-14-20)9-7-5-6-8-10-22-17-18(2)11-12-19(22)3/h4,11-17H,1,5-10H2,2-3H3. The van der Waals surface area contributed by atoms with Gasteiger partial charge in [0.05, 0.1) is 0 Å². The molecule has 0 bridgehead atoms. The zero-order valence-electron chi connectivity index (χ0n) is 14.1. The Hall–Kier alpha value is -1.82. The van der Waals surface area contributed by atoms with Crippen molar-refractivity contribution in [1.82, 2.24) is 0 Å². The minimum absolute atomic E-state index is 1.20. The largest absolute Gasteiger partial charge is 0.0985 e. The molecule has 0 amide bonds. The third kappa shape index (κ3) is 5.18. The third-order valence-corrected chi connectivity index (χ3v) is 4.38. The monoisotopic (exact) mass is 292 g/mol. The molecule has 0 saturated carbocycles. The summed E-state index contributed by atoms with van der Waals surface area (Å²) in [6.07, 6.45) is 9.58. The minimum Gasteiger partial charge on any atom is -0.0985 e. The van der Waals surface area contributed by atoms with Crippen LogP contribution < -0.4 is 0 Å². The van der Waals surface area contributed by atoms with Gasteiger partial charge in [-0.25, -0.2) is 0 Å². The van der Waals surface area contributed by atoms with Gasteiger partial charge in [-0.15, -0.1) is 0 Å². The fourth-order valence-electron chi connectivity index (χ4n) is 2.89. The lowest BCUT2D eigenvalue weighted by Crippen LogP contribution is -1.92. The fourth-order valence-corrected chi connectivity index (χ4v) is 2.89. The van der Waals surface area contributed by atoms with Crippen LogP contribution in [0.3, 0.4) is 0 Å². The van der Waals surface area contributed by atoms with Crippen molar-refractivity contribution in [3.63, 3.8) is 0 Å². The van der Waals surface area contributed by atoms with Gasteiger partial charge in [-0.05, 0) is 61.8 Å². The van der Waals surface area contributed by atoms with E-state index in [-0.39, 0.29) is 0 Å². The van der Waals surface area contributed by atoms with Gasteiger partial charge in [0.25, 0.3) is 0 Å². The predicted octanol–water partition coefficient (Wildman–Crippen LogP) is 6.29. The van der Waals surface area contributed by atoms with Crippen molar-refractivity contribution in [1.29, 1.82) is 0 Å². The normalized spacial score (nSPS) is 10.6. The Morgan fingerprint density at radius 3 is 2.18 bits per heavy atom. The summed E-state index contributed by atoms with van der Waals surface area (Å²) in [5, 5.41) is 0. The summed E-state index contributed by atoms with van der Waals surface area (Å²) in [6.45, 7) is 8.20. The summed E-state index contributed by atoms with van der Waals surface area (Å²) in [7, 11) is 0. The van der Waals surface area contributed by atoms with Crippen molar-refractivity contribution < 1.29 is 0 Å². The second kappa shape index (κ2) is 8.58. The molecule has 0 heteroatoms. The number of hydrogen-bond acceptors (Lipinski definition) is 0. The summed E-state index contributed by atoms with van der Waals surface area (Å²) in [4.78, 5) is 0. The van der Waals surface area contributed by atoms with E-state index in [0.717, 1.165) is 0 Å². The molecule has 0 unspecified atom stereocenters. The van der Waals surface area contributed by atoms with E-state index < -0.39 is 0 Å². The molecule has 2 rings (SSSR count). The van der Waals surface area contributed by atoms with Crippen molar-refractivity contribution in [3.05, 3.63) is 76.9 Å². The molecule has 0 radical (unpaired) electrons. The number of rotatable bonds is 8. The second-order valence-corrected chi connectivity index (χ2v) is 6.29. The number of aryl methyl sites for hydroxylation is 4. The van der Waals surface area contributed by atoms with Gasteiger partial charge >= 0.3 is 0 Å². The van der Waals surface area contributed by atoms with Crippen molar-refractivity contribution in [2.75, 3.05) is 0 Å². The molecule has 0 N–H and O–H groups in total. The Morgan fingerprint density at radius 1 is 0.818 bits per heavy atom. The molecule has 22 heavy (non-hydrogen) atoms. The molecule has 0 aliphatic heterocycles. The highest BCUT2D eigenvalue weighted by Gasteiger charge is 1.99. The lowest BCUT2D eigenvalue weighted by Gasteiger charge is -2.07. The van der Waals surface area contributed by atoms with Crippen molar-refractivity contribution in [2.45, 2.75) is 52.4 Å². The topological polar surface area (TPSA) is 0 Å². The molecule has 0 heterocycles. The van der Waals surface area contributed by atoms with Gasteiger partial charge < -0.3 is 0 Å². The molecular formula is C22H28. The van der Waals surface area contributed by atoms with Gasteiger partial charge in [-0.3, -0.25) is 0 Å². The molecule has 2 aromatic carbocycles. The summed E-state index contributed by atoms with van der Waals surface area (Å²) in [5.41, 5.74) is 6.99. The Balaban J connectivity index is 1.64. The van der Waals surface area contributed by atoms with E-state index in [1.165, 1.54) is 66.3 Å². The Kier molecular flexibility index (Phi) is 6.45. The maximum absolute atomic E-state index is 3.79. The first-order valence-electron chi connectivity index (χ1n) is 8.46. The van der Waals surface area contributed by atoms with Gasteiger partial charge in [0.2, 0.25) is 0 Å². The summed E-state index contributed by atoms with van der Waals surface area (Å²) < 4.78 is 0. The van der Waals surface area contributed by atoms with E-state index in [0.29, 0.717) is 0 Å². The highest BCUT2D eigenvalue weighted by Crippen LogP contribution is 2.15. The number of hydrogen-bond donors (Lipinski definition) is 0. The Labute approximate surface area is 135 Å². The molecule has 0 aromatic heterocycles. The first kappa shape index (κ1) is 16.5. The van der Waals surface area contributed by atoms with Crippen molar-refractivity contribution in [3.8, 4) is 0 Å². The van der Waals surface area contributed by atoms with Gasteiger partial charge in [0, 0.05) is 0 Å². The Bertz CT molecular complexity index is 590. The van der Waals surface area contributed by atoms with Crippen LogP contribution in [0.4, 0.5) is 0 Å². The van der Waals surface area contributed by atoms with Gasteiger partial charge in [0.15, 0.2) is 0 Å². The van der Waals surface area contributed by atoms with Crippen LogP contribution in [-0.2, 0) is 12.8 Å². The summed E-state index contributed by atoms with van der Waals surface area (Å²) in [6, 6.07) is 15.6. The number of unbranched alkanes of at least 4 members (excludes halogenated alkanes) is 3. The lowest BCUT2D eigenvalue weighted by molar-refractivity contribution is 0.639. The van der Waals surface area contributed by atoms with E-state index in [9.17, 15) is 0 Å². The van der Waals surface area contributed by atoms with Crippen LogP contribution in [0.15, 0.2) is 49.0 Å². The molecule has 0 nitrogen and oxygen atoms in total. The smallest absolute Gasteiger partial charge is 0.0262 e. The van der Waals surface area contributed by atoms with Crippen LogP contribution in [0.2, 0.25) is 0 Å². The van der Waals surface area contributed by atoms with Crippen LogP contribution in [0, 0.1) is 13.8 Å². The Morgan fingerprint density at radius 2 is 1.50 bits per heavy atom. The average molecular weight is 292 g/mol. The molecule has 0 spiro atoms. The minimum atomic E-state index is 1.20. The zero-order chi connectivity index (χ0) is 15.8. The summed E-state index contributed by atoms with van der Waals surface area (Å²) in [5.74, 6) is 0. The van der Waals surface area contributed by atoms with E-state index >= 15 is 0 Å². The summed E-state index contributed by atoms with van der Waals surface area (Å²) >= 11 is 0. The van der Waals surface area contributed by atoms with E-state index in [2.05, 4.69) is 62.9 Å². The van der Waals surface area contributed by atoms with Crippen LogP contribution in [0.5, 0.6) is 0 Å². The first-order valence-corrected chi connectivity index (χ1v) is 8.46. The van der Waals surface area contributed by atoms with Crippen molar-refractivity contribution in [2.24, 2.45) is 0 Å². The molecular weight excluding hydrogens is 264 g/mol. The van der Waals surface area contributed by atoms with E-state index in [1.54, 1.807) is 0 Å². The molecule has 0 saturated heterocycles. The fraction of sp³-hybridized carbons (Fsp3) is 0.364. The quantitative estimate of drug-likeness (QED) is 0.501. The van der Waals surface area contributed by atoms with Crippen LogP contribution in [0.1, 0.15) is 53.5 Å². The van der Waals surface area contributed by atoms with E-state index in [4.69, 9.17) is 0 Å². The molecule has 2 aromatic rings.